The fourth-order valence-corrected chi connectivity index (χ4v) is 4.13. The molecule has 1 unspecified atom stereocenters. The normalized spacial score (nSPS) is 17.3. The van der Waals surface area contributed by atoms with Crippen LogP contribution in [-0.2, 0) is 6.42 Å². The second-order valence-corrected chi connectivity index (χ2v) is 7.69. The van der Waals surface area contributed by atoms with E-state index in [-0.39, 0.29) is 22.2 Å². The van der Waals surface area contributed by atoms with Crippen molar-refractivity contribution < 1.29 is 14.8 Å². The Balaban J connectivity index is 1.95. The van der Waals surface area contributed by atoms with Crippen molar-refractivity contribution in [1.82, 2.24) is 4.98 Å². The van der Waals surface area contributed by atoms with Crippen LogP contribution < -0.4 is 0 Å². The molecule has 1 aliphatic rings. The van der Waals surface area contributed by atoms with E-state index in [1.807, 2.05) is 12.1 Å². The van der Waals surface area contributed by atoms with Gasteiger partial charge in [-0.1, -0.05) is 42.8 Å². The van der Waals surface area contributed by atoms with Crippen LogP contribution >= 0.6 is 11.6 Å². The molecule has 1 N–H and O–H groups in total. The van der Waals surface area contributed by atoms with Crippen LogP contribution in [0.2, 0.25) is 5.02 Å². The summed E-state index contributed by atoms with van der Waals surface area (Å²) in [5.74, 6) is -0.757. The highest BCUT2D eigenvalue weighted by molar-refractivity contribution is 6.32. The Labute approximate surface area is 171 Å². The SMILES string of the molecule is CC1CC(=Cc2ccc(Cl)c([N+](=O)[O-])c2)c2nc3ccccc3c(C(=O)O)c2C1. The van der Waals surface area contributed by atoms with Crippen LogP contribution in [0.3, 0.4) is 0 Å². The van der Waals surface area contributed by atoms with Crippen LogP contribution in [-0.4, -0.2) is 21.0 Å². The summed E-state index contributed by atoms with van der Waals surface area (Å²) in [4.78, 5) is 27.5. The van der Waals surface area contributed by atoms with E-state index in [0.29, 0.717) is 40.6 Å². The molecule has 146 valence electrons. The summed E-state index contributed by atoms with van der Waals surface area (Å²) in [6.07, 6.45) is 3.16. The van der Waals surface area contributed by atoms with Gasteiger partial charge >= 0.3 is 5.97 Å². The van der Waals surface area contributed by atoms with Gasteiger partial charge in [0.2, 0.25) is 0 Å². The first-order valence-corrected chi connectivity index (χ1v) is 9.52. The number of rotatable bonds is 3. The monoisotopic (exact) mass is 408 g/mol. The third-order valence-corrected chi connectivity index (χ3v) is 5.46. The number of nitrogens with zero attached hydrogens (tertiary/aromatic N) is 2. The average Bonchev–Trinajstić information content (AvgIpc) is 2.67. The molecule has 0 aliphatic heterocycles. The molecule has 0 amide bonds. The number of fused-ring (bicyclic) bond motifs is 2. The number of nitro groups is 1. The quantitative estimate of drug-likeness (QED) is 0.448. The molecular formula is C22H17ClN2O4. The molecule has 1 aliphatic carbocycles. The van der Waals surface area contributed by atoms with E-state index in [1.54, 1.807) is 24.3 Å². The molecular weight excluding hydrogens is 392 g/mol. The summed E-state index contributed by atoms with van der Waals surface area (Å²) in [7, 11) is 0. The fraction of sp³-hybridized carbons (Fsp3) is 0.182. The number of pyridine rings is 1. The van der Waals surface area contributed by atoms with E-state index in [2.05, 4.69) is 6.92 Å². The fourth-order valence-electron chi connectivity index (χ4n) is 3.94. The zero-order valence-corrected chi connectivity index (χ0v) is 16.3. The lowest BCUT2D eigenvalue weighted by Crippen LogP contribution is -2.17. The molecule has 7 heteroatoms. The van der Waals surface area contributed by atoms with Crippen molar-refractivity contribution in [3.63, 3.8) is 0 Å². The van der Waals surface area contributed by atoms with Crippen LogP contribution in [0, 0.1) is 16.0 Å². The van der Waals surface area contributed by atoms with Gasteiger partial charge in [0, 0.05) is 11.5 Å². The van der Waals surface area contributed by atoms with Gasteiger partial charge < -0.3 is 5.11 Å². The van der Waals surface area contributed by atoms with Crippen molar-refractivity contribution in [1.29, 1.82) is 0 Å². The van der Waals surface area contributed by atoms with Gasteiger partial charge in [-0.2, -0.15) is 0 Å². The Morgan fingerprint density at radius 1 is 1.28 bits per heavy atom. The van der Waals surface area contributed by atoms with Gasteiger partial charge in [0.25, 0.3) is 5.69 Å². The lowest BCUT2D eigenvalue weighted by molar-refractivity contribution is -0.384. The minimum atomic E-state index is -0.976. The van der Waals surface area contributed by atoms with Crippen LogP contribution in [0.4, 0.5) is 5.69 Å². The number of halogens is 1. The van der Waals surface area contributed by atoms with Gasteiger partial charge in [0.1, 0.15) is 5.02 Å². The molecule has 2 aromatic carbocycles. The highest BCUT2D eigenvalue weighted by Crippen LogP contribution is 2.39. The van der Waals surface area contributed by atoms with Gasteiger partial charge in [0.05, 0.1) is 21.7 Å². The summed E-state index contributed by atoms with van der Waals surface area (Å²) in [6, 6.07) is 11.8. The van der Waals surface area contributed by atoms with E-state index in [4.69, 9.17) is 16.6 Å². The average molecular weight is 409 g/mol. The van der Waals surface area contributed by atoms with Crippen molar-refractivity contribution in [3.8, 4) is 0 Å². The maximum absolute atomic E-state index is 12.1. The maximum Gasteiger partial charge on any atom is 0.336 e. The molecule has 0 saturated carbocycles. The highest BCUT2D eigenvalue weighted by Gasteiger charge is 2.28. The predicted octanol–water partition coefficient (Wildman–Crippen LogP) is 5.62. The molecule has 29 heavy (non-hydrogen) atoms. The molecule has 3 aromatic rings. The van der Waals surface area contributed by atoms with Crippen molar-refractivity contribution in [3.05, 3.63) is 80.0 Å². The number of carboxylic acid groups (broad SMARTS) is 1. The summed E-state index contributed by atoms with van der Waals surface area (Å²) >= 11 is 5.92. The van der Waals surface area contributed by atoms with Gasteiger partial charge in [0.15, 0.2) is 0 Å². The zero-order chi connectivity index (χ0) is 20.7. The number of aromatic nitrogens is 1. The van der Waals surface area contributed by atoms with Gasteiger partial charge in [-0.25, -0.2) is 9.78 Å². The predicted molar refractivity (Wildman–Crippen MR) is 112 cm³/mol. The van der Waals surface area contributed by atoms with E-state index in [9.17, 15) is 20.0 Å². The number of carboxylic acids is 1. The lowest BCUT2D eigenvalue weighted by atomic mass is 9.80. The summed E-state index contributed by atoms with van der Waals surface area (Å²) in [5, 5.41) is 21.8. The number of hydrogen-bond acceptors (Lipinski definition) is 4. The second-order valence-electron chi connectivity index (χ2n) is 7.29. The molecule has 6 nitrogen and oxygen atoms in total. The number of para-hydroxylation sites is 1. The third kappa shape index (κ3) is 3.47. The largest absolute Gasteiger partial charge is 0.478 e. The zero-order valence-electron chi connectivity index (χ0n) is 15.6. The molecule has 0 bridgehead atoms. The molecule has 4 rings (SSSR count). The summed E-state index contributed by atoms with van der Waals surface area (Å²) < 4.78 is 0. The van der Waals surface area contributed by atoms with Crippen LogP contribution in [0.15, 0.2) is 42.5 Å². The molecule has 0 saturated heterocycles. The van der Waals surface area contributed by atoms with Gasteiger partial charge in [-0.05, 0) is 53.7 Å². The summed E-state index contributed by atoms with van der Waals surface area (Å²) in [5.41, 5.74) is 3.59. The third-order valence-electron chi connectivity index (χ3n) is 5.14. The topological polar surface area (TPSA) is 93.3 Å². The Hall–Kier alpha value is -3.25. The molecule has 0 fully saturated rings. The number of benzene rings is 2. The van der Waals surface area contributed by atoms with Gasteiger partial charge in [-0.3, -0.25) is 10.1 Å². The standard InChI is InChI=1S/C22H17ClN2O4/c1-12-8-14(10-13-6-7-17(23)19(11-13)25(28)29)21-16(9-12)20(22(26)27)15-4-2-3-5-18(15)24-21/h2-7,10-12H,8-9H2,1H3,(H,26,27). The van der Waals surface area contributed by atoms with E-state index in [0.717, 1.165) is 5.57 Å². The smallest absolute Gasteiger partial charge is 0.336 e. The number of aromatic carboxylic acids is 1. The molecule has 1 atom stereocenters. The molecule has 1 aromatic heterocycles. The second kappa shape index (κ2) is 7.29. The minimum Gasteiger partial charge on any atom is -0.478 e. The first kappa shape index (κ1) is 19.1. The molecule has 0 radical (unpaired) electrons. The maximum atomic E-state index is 12.1. The van der Waals surface area contributed by atoms with Gasteiger partial charge in [-0.15, -0.1) is 0 Å². The van der Waals surface area contributed by atoms with Crippen LogP contribution in [0.5, 0.6) is 0 Å². The summed E-state index contributed by atoms with van der Waals surface area (Å²) in [6.45, 7) is 2.06. The van der Waals surface area contributed by atoms with Crippen molar-refractivity contribution >= 4 is 45.8 Å². The first-order chi connectivity index (χ1) is 13.8. The van der Waals surface area contributed by atoms with Crippen molar-refractivity contribution in [2.45, 2.75) is 19.8 Å². The number of hydrogen-bond donors (Lipinski definition) is 1. The number of allylic oxidation sites excluding steroid dienone is 1. The highest BCUT2D eigenvalue weighted by atomic mass is 35.5. The Morgan fingerprint density at radius 3 is 2.76 bits per heavy atom. The Morgan fingerprint density at radius 2 is 2.03 bits per heavy atom. The molecule has 1 heterocycles. The minimum absolute atomic E-state index is 0.0758. The first-order valence-electron chi connectivity index (χ1n) is 9.15. The van der Waals surface area contributed by atoms with Crippen molar-refractivity contribution in [2.75, 3.05) is 0 Å². The van der Waals surface area contributed by atoms with E-state index in [1.165, 1.54) is 12.1 Å². The number of carbonyl (C=O) groups is 1. The Kier molecular flexibility index (Phi) is 4.80. The van der Waals surface area contributed by atoms with E-state index < -0.39 is 10.9 Å². The van der Waals surface area contributed by atoms with Crippen molar-refractivity contribution in [2.24, 2.45) is 5.92 Å². The number of nitro benzene ring substituents is 1. The Bertz CT molecular complexity index is 1200. The van der Waals surface area contributed by atoms with Crippen LogP contribution in [0.1, 0.15) is 40.5 Å². The molecule has 0 spiro atoms. The van der Waals surface area contributed by atoms with Crippen LogP contribution in [0.25, 0.3) is 22.6 Å². The van der Waals surface area contributed by atoms with E-state index >= 15 is 0 Å². The lowest BCUT2D eigenvalue weighted by Gasteiger charge is -2.26.